The van der Waals surface area contributed by atoms with E-state index in [-0.39, 0.29) is 18.4 Å². The third kappa shape index (κ3) is 5.41. The molecule has 3 atom stereocenters. The van der Waals surface area contributed by atoms with Crippen LogP contribution in [0.1, 0.15) is 44.9 Å². The molecule has 0 saturated carbocycles. The van der Waals surface area contributed by atoms with Gasteiger partial charge in [0.1, 0.15) is 12.1 Å². The lowest BCUT2D eigenvalue weighted by molar-refractivity contribution is -0.151. The number of rotatable bonds is 9. The molecule has 3 unspecified atom stereocenters. The summed E-state index contributed by atoms with van der Waals surface area (Å²) in [4.78, 5) is 51.5. The van der Waals surface area contributed by atoms with Crippen molar-refractivity contribution >= 4 is 23.7 Å². The second kappa shape index (κ2) is 10.4. The van der Waals surface area contributed by atoms with Gasteiger partial charge in [-0.1, -0.05) is 6.42 Å². The number of nitrogens with zero attached hydrogens (tertiary/aromatic N) is 2. The van der Waals surface area contributed by atoms with Crippen molar-refractivity contribution in [2.45, 2.75) is 63.1 Å². The highest BCUT2D eigenvalue weighted by atomic mass is 16.4. The number of nitrogens with two attached hydrogens (primary N) is 2. The van der Waals surface area contributed by atoms with Crippen molar-refractivity contribution in [1.82, 2.24) is 15.1 Å². The van der Waals surface area contributed by atoms with Crippen LogP contribution in [0.3, 0.4) is 0 Å². The highest BCUT2D eigenvalue weighted by molar-refractivity contribution is 5.93. The zero-order valence-corrected chi connectivity index (χ0v) is 16.1. The molecule has 2 aliphatic heterocycles. The minimum absolute atomic E-state index is 0.227. The number of hydrogen-bond acceptors (Lipinski definition) is 6. The molecular formula is C18H31N5O5. The van der Waals surface area contributed by atoms with Gasteiger partial charge in [-0.3, -0.25) is 14.4 Å². The van der Waals surface area contributed by atoms with Crippen molar-refractivity contribution in [3.05, 3.63) is 0 Å². The largest absolute Gasteiger partial charge is 0.480 e. The number of likely N-dealkylation sites (tertiary alicyclic amines) is 2. The van der Waals surface area contributed by atoms with Gasteiger partial charge in [-0.25, -0.2) is 4.79 Å². The van der Waals surface area contributed by atoms with Gasteiger partial charge < -0.3 is 31.7 Å². The van der Waals surface area contributed by atoms with E-state index in [0.717, 1.165) is 12.8 Å². The lowest BCUT2D eigenvalue weighted by Crippen LogP contribution is -2.53. The van der Waals surface area contributed by atoms with Gasteiger partial charge in [0.25, 0.3) is 0 Å². The molecule has 2 aliphatic rings. The van der Waals surface area contributed by atoms with Gasteiger partial charge in [-0.05, 0) is 45.1 Å². The SMILES string of the molecule is NCCCCC(N)C(=O)NCC(=O)N1CCCC1C(=O)N1CCCC1C(=O)O. The fraction of sp³-hybridized carbons (Fsp3) is 0.778. The van der Waals surface area contributed by atoms with Crippen molar-refractivity contribution in [1.29, 1.82) is 0 Å². The maximum Gasteiger partial charge on any atom is 0.326 e. The van der Waals surface area contributed by atoms with Crippen LogP contribution in [0.5, 0.6) is 0 Å². The standard InChI is InChI=1S/C18H31N5O5/c19-8-2-1-5-12(20)16(25)21-11-15(24)22-9-3-6-13(22)17(26)23-10-4-7-14(23)18(27)28/h12-14H,1-11,19-20H2,(H,21,25)(H,27,28). The van der Waals surface area contributed by atoms with E-state index in [4.69, 9.17) is 11.5 Å². The number of carbonyl (C=O) groups excluding carboxylic acids is 3. The molecule has 0 aromatic rings. The second-order valence-corrected chi connectivity index (χ2v) is 7.38. The molecule has 2 heterocycles. The van der Waals surface area contributed by atoms with Gasteiger partial charge in [0.2, 0.25) is 17.7 Å². The Kier molecular flexibility index (Phi) is 8.18. The number of carboxylic acids is 1. The van der Waals surface area contributed by atoms with Crippen LogP contribution in [0.25, 0.3) is 0 Å². The van der Waals surface area contributed by atoms with Crippen molar-refractivity contribution in [2.75, 3.05) is 26.2 Å². The number of nitrogens with one attached hydrogen (secondary N) is 1. The predicted molar refractivity (Wildman–Crippen MR) is 101 cm³/mol. The Morgan fingerprint density at radius 1 is 1.04 bits per heavy atom. The third-order valence-electron chi connectivity index (χ3n) is 5.40. The van der Waals surface area contributed by atoms with E-state index in [9.17, 15) is 24.3 Å². The van der Waals surface area contributed by atoms with Gasteiger partial charge in [0, 0.05) is 13.1 Å². The molecule has 0 aromatic carbocycles. The molecule has 2 fully saturated rings. The predicted octanol–water partition coefficient (Wildman–Crippen LogP) is -1.37. The Balaban J connectivity index is 1.87. The molecule has 0 bridgehead atoms. The molecule has 2 saturated heterocycles. The first-order valence-electron chi connectivity index (χ1n) is 9.93. The number of amides is 3. The van der Waals surface area contributed by atoms with Gasteiger partial charge >= 0.3 is 5.97 Å². The summed E-state index contributed by atoms with van der Waals surface area (Å²) < 4.78 is 0. The maximum absolute atomic E-state index is 12.8. The fourth-order valence-electron chi connectivity index (χ4n) is 3.84. The summed E-state index contributed by atoms with van der Waals surface area (Å²) in [6.07, 6.45) is 4.25. The van der Waals surface area contributed by atoms with Crippen LogP contribution in [0, 0.1) is 0 Å². The van der Waals surface area contributed by atoms with E-state index < -0.39 is 30.0 Å². The van der Waals surface area contributed by atoms with Crippen molar-refractivity contribution in [3.63, 3.8) is 0 Å². The topological polar surface area (TPSA) is 159 Å². The first-order chi connectivity index (χ1) is 13.4. The van der Waals surface area contributed by atoms with Gasteiger partial charge in [0.05, 0.1) is 12.6 Å². The molecule has 0 aliphatic carbocycles. The molecule has 10 heteroatoms. The van der Waals surface area contributed by atoms with Crippen LogP contribution < -0.4 is 16.8 Å². The summed E-state index contributed by atoms with van der Waals surface area (Å²) in [5.41, 5.74) is 11.2. The minimum atomic E-state index is -1.02. The average Bonchev–Trinajstić information content (AvgIpc) is 3.34. The Morgan fingerprint density at radius 3 is 2.32 bits per heavy atom. The van der Waals surface area contributed by atoms with Crippen molar-refractivity contribution in [2.24, 2.45) is 11.5 Å². The van der Waals surface area contributed by atoms with E-state index >= 15 is 0 Å². The van der Waals surface area contributed by atoms with Crippen LogP contribution in [-0.4, -0.2) is 82.9 Å². The second-order valence-electron chi connectivity index (χ2n) is 7.38. The zero-order valence-electron chi connectivity index (χ0n) is 16.1. The van der Waals surface area contributed by atoms with E-state index in [0.29, 0.717) is 51.7 Å². The third-order valence-corrected chi connectivity index (χ3v) is 5.40. The van der Waals surface area contributed by atoms with E-state index in [1.165, 1.54) is 9.80 Å². The van der Waals surface area contributed by atoms with Crippen molar-refractivity contribution in [3.8, 4) is 0 Å². The van der Waals surface area contributed by atoms with E-state index in [2.05, 4.69) is 5.32 Å². The Morgan fingerprint density at radius 2 is 1.68 bits per heavy atom. The highest BCUT2D eigenvalue weighted by Gasteiger charge is 2.42. The lowest BCUT2D eigenvalue weighted by atomic mass is 10.1. The molecule has 0 spiro atoms. The molecular weight excluding hydrogens is 366 g/mol. The first-order valence-corrected chi connectivity index (χ1v) is 9.93. The van der Waals surface area contributed by atoms with Crippen molar-refractivity contribution < 1.29 is 24.3 Å². The molecule has 10 nitrogen and oxygen atoms in total. The Bertz CT molecular complexity index is 599. The first kappa shape index (κ1) is 22.1. The molecule has 2 rings (SSSR count). The molecule has 158 valence electrons. The van der Waals surface area contributed by atoms with Crippen LogP contribution in [-0.2, 0) is 19.2 Å². The zero-order chi connectivity index (χ0) is 20.7. The van der Waals surface area contributed by atoms with Gasteiger partial charge in [0.15, 0.2) is 0 Å². The van der Waals surface area contributed by atoms with Crippen LogP contribution in [0.4, 0.5) is 0 Å². The molecule has 28 heavy (non-hydrogen) atoms. The van der Waals surface area contributed by atoms with E-state index in [1.54, 1.807) is 0 Å². The normalized spacial score (nSPS) is 22.9. The average molecular weight is 397 g/mol. The van der Waals surface area contributed by atoms with Crippen LogP contribution >= 0.6 is 0 Å². The molecule has 0 radical (unpaired) electrons. The minimum Gasteiger partial charge on any atom is -0.480 e. The maximum atomic E-state index is 12.8. The summed E-state index contributed by atoms with van der Waals surface area (Å²) in [6.45, 7) is 1.12. The Labute approximate surface area is 164 Å². The number of aliphatic carboxylic acids is 1. The number of carbonyl (C=O) groups is 4. The molecule has 3 amide bonds. The fourth-order valence-corrected chi connectivity index (χ4v) is 3.84. The monoisotopic (exact) mass is 397 g/mol. The Hall–Kier alpha value is -2.20. The highest BCUT2D eigenvalue weighted by Crippen LogP contribution is 2.25. The summed E-state index contributed by atoms with van der Waals surface area (Å²) in [5.74, 6) is -2.10. The summed E-state index contributed by atoms with van der Waals surface area (Å²) in [7, 11) is 0. The molecule has 6 N–H and O–H groups in total. The summed E-state index contributed by atoms with van der Waals surface area (Å²) in [6, 6.07) is -2.19. The van der Waals surface area contributed by atoms with Crippen LogP contribution in [0.15, 0.2) is 0 Å². The molecule has 0 aromatic heterocycles. The van der Waals surface area contributed by atoms with Gasteiger partial charge in [-0.15, -0.1) is 0 Å². The number of carboxylic acid groups (broad SMARTS) is 1. The number of hydrogen-bond donors (Lipinski definition) is 4. The summed E-state index contributed by atoms with van der Waals surface area (Å²) >= 11 is 0. The van der Waals surface area contributed by atoms with Gasteiger partial charge in [-0.2, -0.15) is 0 Å². The number of unbranched alkanes of at least 4 members (excludes halogenated alkanes) is 1. The lowest BCUT2D eigenvalue weighted by Gasteiger charge is -2.30. The smallest absolute Gasteiger partial charge is 0.326 e. The summed E-state index contributed by atoms with van der Waals surface area (Å²) in [5, 5.41) is 11.8. The quantitative estimate of drug-likeness (QED) is 0.349. The van der Waals surface area contributed by atoms with Crippen LogP contribution in [0.2, 0.25) is 0 Å². The van der Waals surface area contributed by atoms with E-state index in [1.807, 2.05) is 0 Å².